The first kappa shape index (κ1) is 28.3. The summed E-state index contributed by atoms with van der Waals surface area (Å²) >= 11 is 0. The van der Waals surface area contributed by atoms with Gasteiger partial charge in [0.2, 0.25) is 0 Å². The van der Waals surface area contributed by atoms with E-state index in [0.29, 0.717) is 59.0 Å². The molecule has 206 valence electrons. The van der Waals surface area contributed by atoms with Crippen molar-refractivity contribution in [1.82, 2.24) is 9.88 Å². The number of rotatable bonds is 11. The maximum atomic E-state index is 13.8. The predicted octanol–water partition coefficient (Wildman–Crippen LogP) is 5.65. The van der Waals surface area contributed by atoms with E-state index in [4.69, 9.17) is 4.74 Å². The van der Waals surface area contributed by atoms with Gasteiger partial charge in [0.25, 0.3) is 0 Å². The molecule has 9 heteroatoms. The molecule has 5 nitrogen and oxygen atoms in total. The number of methoxy groups -OCH3 is 1. The second kappa shape index (κ2) is 12.4. The molecular weight excluding hydrogens is 500 g/mol. The van der Waals surface area contributed by atoms with Crippen LogP contribution < -0.4 is 4.74 Å². The lowest BCUT2D eigenvalue weighted by atomic mass is 9.74. The minimum Gasteiger partial charge on any atom is -0.497 e. The third-order valence-electron chi connectivity index (χ3n) is 7.86. The number of pyridine rings is 1. The summed E-state index contributed by atoms with van der Waals surface area (Å²) in [5.41, 5.74) is 1.57. The molecule has 0 bridgehead atoms. The van der Waals surface area contributed by atoms with Crippen molar-refractivity contribution in [3.05, 3.63) is 70.7 Å². The number of nitrogens with zero attached hydrogens (tertiary/aromatic N) is 2. The van der Waals surface area contributed by atoms with E-state index in [1.165, 1.54) is 6.20 Å². The number of halogens is 4. The van der Waals surface area contributed by atoms with Gasteiger partial charge in [0, 0.05) is 23.8 Å². The van der Waals surface area contributed by atoms with E-state index in [1.54, 1.807) is 25.3 Å². The molecule has 0 aliphatic carbocycles. The van der Waals surface area contributed by atoms with E-state index >= 15 is 0 Å². The highest BCUT2D eigenvalue weighted by molar-refractivity contribution is 5.85. The fourth-order valence-corrected chi connectivity index (χ4v) is 5.44. The number of likely N-dealkylation sites (tertiary alicyclic amines) is 1. The molecule has 0 spiro atoms. The molecule has 1 aromatic heterocycles. The van der Waals surface area contributed by atoms with Gasteiger partial charge in [-0.05, 0) is 105 Å². The minimum absolute atomic E-state index is 0.0113. The summed E-state index contributed by atoms with van der Waals surface area (Å²) in [4.78, 5) is 6.55. The molecule has 4 rings (SSSR count). The second-order valence-corrected chi connectivity index (χ2v) is 10.2. The van der Waals surface area contributed by atoms with Crippen LogP contribution in [0.1, 0.15) is 54.9 Å². The van der Waals surface area contributed by atoms with E-state index in [0.717, 1.165) is 44.6 Å². The number of ether oxygens (including phenoxy) is 1. The first-order valence-electron chi connectivity index (χ1n) is 13.0. The molecule has 2 heterocycles. The van der Waals surface area contributed by atoms with Crippen molar-refractivity contribution in [2.75, 3.05) is 33.4 Å². The van der Waals surface area contributed by atoms with Crippen LogP contribution in [0.2, 0.25) is 0 Å². The molecule has 1 fully saturated rings. The van der Waals surface area contributed by atoms with Crippen molar-refractivity contribution < 1.29 is 32.5 Å². The zero-order chi connectivity index (χ0) is 27.3. The Morgan fingerprint density at radius 3 is 2.45 bits per heavy atom. The van der Waals surface area contributed by atoms with Gasteiger partial charge in [0.15, 0.2) is 17.5 Å². The number of hydrogen-bond acceptors (Lipinski definition) is 5. The Morgan fingerprint density at radius 2 is 1.82 bits per heavy atom. The van der Waals surface area contributed by atoms with E-state index < -0.39 is 30.2 Å². The number of aryl methyl sites for hydroxylation is 1. The zero-order valence-electron chi connectivity index (χ0n) is 21.5. The van der Waals surface area contributed by atoms with Gasteiger partial charge in [-0.2, -0.15) is 0 Å². The van der Waals surface area contributed by atoms with Gasteiger partial charge in [-0.15, -0.1) is 0 Å². The van der Waals surface area contributed by atoms with Crippen LogP contribution in [0.5, 0.6) is 5.75 Å². The summed E-state index contributed by atoms with van der Waals surface area (Å²) < 4.78 is 59.2. The summed E-state index contributed by atoms with van der Waals surface area (Å²) in [7, 11) is 1.55. The van der Waals surface area contributed by atoms with Crippen LogP contribution in [0.15, 0.2) is 36.5 Å². The Kier molecular flexibility index (Phi) is 9.23. The molecule has 38 heavy (non-hydrogen) atoms. The molecule has 0 radical (unpaired) electrons. The molecule has 1 atom stereocenters. The van der Waals surface area contributed by atoms with Gasteiger partial charge in [0.05, 0.1) is 18.7 Å². The van der Waals surface area contributed by atoms with Crippen molar-refractivity contribution in [3.8, 4) is 5.75 Å². The maximum absolute atomic E-state index is 13.8. The number of fused-ring (bicyclic) bond motifs is 1. The lowest BCUT2D eigenvalue weighted by Gasteiger charge is -2.41. The van der Waals surface area contributed by atoms with Crippen molar-refractivity contribution in [1.29, 1.82) is 0 Å². The molecule has 1 unspecified atom stereocenters. The van der Waals surface area contributed by atoms with Crippen molar-refractivity contribution in [2.45, 2.75) is 51.3 Å². The molecule has 2 aromatic carbocycles. The van der Waals surface area contributed by atoms with Gasteiger partial charge >= 0.3 is 0 Å². The topological polar surface area (TPSA) is 65.8 Å². The molecule has 2 N–H and O–H groups in total. The number of alkyl halides is 1. The fourth-order valence-electron chi connectivity index (χ4n) is 5.44. The average molecular weight is 535 g/mol. The Labute approximate surface area is 220 Å². The quantitative estimate of drug-likeness (QED) is 0.246. The molecular formula is C29H34F4N2O3. The lowest BCUT2D eigenvalue weighted by Crippen LogP contribution is -2.42. The monoisotopic (exact) mass is 534 g/mol. The van der Waals surface area contributed by atoms with E-state index in [1.807, 2.05) is 0 Å². The Bertz CT molecular complexity index is 1220. The molecule has 1 aliphatic rings. The normalized spacial score (nSPS) is 16.6. The standard InChI is InChI=1S/C29H34F4N2O3/c1-38-21-4-5-25-22(15-21)27(20(16-30)17-34-25)26(37)6-7-29(18-36)8-11-35(12-9-29)10-2-3-19-13-23(31)28(33)24(32)14-19/h4-5,13-15,17,26,36-37H,2-3,6-12,16,18H2,1H3. The van der Waals surface area contributed by atoms with Crippen molar-refractivity contribution in [2.24, 2.45) is 5.41 Å². The maximum Gasteiger partial charge on any atom is 0.194 e. The molecule has 0 amide bonds. The Balaban J connectivity index is 1.34. The number of aliphatic hydroxyl groups is 2. The lowest BCUT2D eigenvalue weighted by molar-refractivity contribution is 0.0233. The van der Waals surface area contributed by atoms with Gasteiger partial charge in [-0.1, -0.05) is 0 Å². The predicted molar refractivity (Wildman–Crippen MR) is 137 cm³/mol. The zero-order valence-corrected chi connectivity index (χ0v) is 21.5. The molecule has 0 saturated carbocycles. The Hall–Kier alpha value is -2.75. The Morgan fingerprint density at radius 1 is 1.11 bits per heavy atom. The summed E-state index contributed by atoms with van der Waals surface area (Å²) in [6.45, 7) is 1.45. The number of aliphatic hydroxyl groups excluding tert-OH is 2. The highest BCUT2D eigenvalue weighted by atomic mass is 19.2. The van der Waals surface area contributed by atoms with E-state index in [9.17, 15) is 27.8 Å². The van der Waals surface area contributed by atoms with Crippen LogP contribution >= 0.6 is 0 Å². The summed E-state index contributed by atoms with van der Waals surface area (Å²) in [6, 6.07) is 7.38. The fraction of sp³-hybridized carbons (Fsp3) is 0.483. The first-order valence-corrected chi connectivity index (χ1v) is 13.0. The van der Waals surface area contributed by atoms with Crippen molar-refractivity contribution in [3.63, 3.8) is 0 Å². The van der Waals surface area contributed by atoms with Crippen LogP contribution in [0.4, 0.5) is 17.6 Å². The number of benzene rings is 2. The molecule has 1 saturated heterocycles. The summed E-state index contributed by atoms with van der Waals surface area (Å²) in [5, 5.41) is 22.1. The van der Waals surface area contributed by atoms with Crippen LogP contribution in [0, 0.1) is 22.9 Å². The minimum atomic E-state index is -1.45. The smallest absolute Gasteiger partial charge is 0.194 e. The highest BCUT2D eigenvalue weighted by Crippen LogP contribution is 2.40. The average Bonchev–Trinajstić information content (AvgIpc) is 2.94. The number of aromatic nitrogens is 1. The summed E-state index contributed by atoms with van der Waals surface area (Å²) in [6.07, 6.45) is 4.05. The van der Waals surface area contributed by atoms with Gasteiger partial charge in [0.1, 0.15) is 12.4 Å². The van der Waals surface area contributed by atoms with Gasteiger partial charge in [-0.3, -0.25) is 4.98 Å². The first-order chi connectivity index (χ1) is 18.3. The second-order valence-electron chi connectivity index (χ2n) is 10.2. The van der Waals surface area contributed by atoms with Gasteiger partial charge in [-0.25, -0.2) is 17.6 Å². The highest BCUT2D eigenvalue weighted by Gasteiger charge is 2.34. The number of hydrogen-bond donors (Lipinski definition) is 2. The molecule has 3 aromatic rings. The van der Waals surface area contributed by atoms with Crippen LogP contribution in [0.3, 0.4) is 0 Å². The van der Waals surface area contributed by atoms with Crippen LogP contribution in [-0.4, -0.2) is 53.4 Å². The molecule has 1 aliphatic heterocycles. The van der Waals surface area contributed by atoms with Crippen molar-refractivity contribution >= 4 is 10.9 Å². The number of piperidine rings is 1. The van der Waals surface area contributed by atoms with E-state index in [-0.39, 0.29) is 12.0 Å². The third kappa shape index (κ3) is 6.27. The van der Waals surface area contributed by atoms with E-state index in [2.05, 4.69) is 9.88 Å². The van der Waals surface area contributed by atoms with Crippen LogP contribution in [0.25, 0.3) is 10.9 Å². The van der Waals surface area contributed by atoms with Crippen LogP contribution in [-0.2, 0) is 13.1 Å². The largest absolute Gasteiger partial charge is 0.497 e. The third-order valence-corrected chi connectivity index (χ3v) is 7.86. The summed E-state index contributed by atoms with van der Waals surface area (Å²) in [5.74, 6) is -3.21. The van der Waals surface area contributed by atoms with Gasteiger partial charge < -0.3 is 19.8 Å². The SMILES string of the molecule is COc1ccc2ncc(CF)c(C(O)CCC3(CO)CCN(CCCc4cc(F)c(F)c(F)c4)CC3)c2c1.